The van der Waals surface area contributed by atoms with Crippen LogP contribution in [0.2, 0.25) is 0 Å². The zero-order valence-electron chi connectivity index (χ0n) is 14.5. The van der Waals surface area contributed by atoms with Gasteiger partial charge in [-0.2, -0.15) is 0 Å². The van der Waals surface area contributed by atoms with Gasteiger partial charge in [-0.1, -0.05) is 64.7 Å². The van der Waals surface area contributed by atoms with Crippen molar-refractivity contribution in [3.63, 3.8) is 0 Å². The second-order valence-corrected chi connectivity index (χ2v) is 6.21. The van der Waals surface area contributed by atoms with Crippen molar-refractivity contribution in [2.24, 2.45) is 5.73 Å². The Morgan fingerprint density at radius 1 is 0.727 bits per heavy atom. The quantitative estimate of drug-likeness (QED) is 0.422. The van der Waals surface area contributed by atoms with Gasteiger partial charge in [-0.3, -0.25) is 9.59 Å². The molecule has 0 spiro atoms. The van der Waals surface area contributed by atoms with Gasteiger partial charge in [-0.15, -0.1) is 0 Å². The van der Waals surface area contributed by atoms with Gasteiger partial charge in [0, 0.05) is 19.4 Å². The molecule has 0 aliphatic carbocycles. The smallest absolute Gasteiger partial charge is 0.219 e. The summed E-state index contributed by atoms with van der Waals surface area (Å²) in [6.45, 7) is 3.06. The van der Waals surface area contributed by atoms with Crippen LogP contribution in [0.4, 0.5) is 0 Å². The lowest BCUT2D eigenvalue weighted by Gasteiger charge is -2.05. The first-order valence-corrected chi connectivity index (χ1v) is 9.21. The highest BCUT2D eigenvalue weighted by molar-refractivity contribution is 5.75. The highest BCUT2D eigenvalue weighted by atomic mass is 16.1. The van der Waals surface area contributed by atoms with Crippen LogP contribution in [0.25, 0.3) is 0 Å². The van der Waals surface area contributed by atoms with Gasteiger partial charge in [0.2, 0.25) is 11.8 Å². The van der Waals surface area contributed by atoms with Gasteiger partial charge in [-0.05, 0) is 19.3 Å². The first-order valence-electron chi connectivity index (χ1n) is 9.21. The van der Waals surface area contributed by atoms with Crippen LogP contribution >= 0.6 is 0 Å². The molecule has 0 atom stereocenters. The highest BCUT2D eigenvalue weighted by Crippen LogP contribution is 2.08. The molecule has 0 heterocycles. The number of nitrogens with one attached hydrogen (secondary N) is 1. The van der Waals surface area contributed by atoms with Crippen LogP contribution in [0.3, 0.4) is 0 Å². The van der Waals surface area contributed by atoms with E-state index < -0.39 is 0 Å². The molecule has 0 saturated heterocycles. The molecule has 0 saturated carbocycles. The Hall–Kier alpha value is -1.06. The number of amides is 2. The van der Waals surface area contributed by atoms with E-state index in [-0.39, 0.29) is 11.8 Å². The molecule has 4 heteroatoms. The van der Waals surface area contributed by atoms with Crippen molar-refractivity contribution in [3.8, 4) is 0 Å². The minimum absolute atomic E-state index is 0.183. The number of carbonyl (C=O) groups excluding carboxylic acids is 2. The van der Waals surface area contributed by atoms with Crippen molar-refractivity contribution in [1.82, 2.24) is 5.32 Å². The maximum absolute atomic E-state index is 11.6. The van der Waals surface area contributed by atoms with Gasteiger partial charge in [0.05, 0.1) is 0 Å². The summed E-state index contributed by atoms with van der Waals surface area (Å²) in [4.78, 5) is 22.2. The first-order chi connectivity index (χ1) is 10.7. The third-order valence-electron chi connectivity index (χ3n) is 3.93. The summed E-state index contributed by atoms with van der Waals surface area (Å²) in [5.41, 5.74) is 5.08. The van der Waals surface area contributed by atoms with Gasteiger partial charge in [0.1, 0.15) is 0 Å². The second kappa shape index (κ2) is 16.3. The summed E-state index contributed by atoms with van der Waals surface area (Å²) in [7, 11) is 0. The van der Waals surface area contributed by atoms with Crippen LogP contribution in [0.15, 0.2) is 0 Å². The van der Waals surface area contributed by atoms with Crippen LogP contribution in [0, 0.1) is 0 Å². The lowest BCUT2D eigenvalue weighted by atomic mass is 10.1. The monoisotopic (exact) mass is 312 g/mol. The van der Waals surface area contributed by atoms with E-state index in [0.717, 1.165) is 45.1 Å². The summed E-state index contributed by atoms with van der Waals surface area (Å²) in [6.07, 6.45) is 15.0. The van der Waals surface area contributed by atoms with Gasteiger partial charge in [0.15, 0.2) is 0 Å². The molecule has 22 heavy (non-hydrogen) atoms. The van der Waals surface area contributed by atoms with Crippen molar-refractivity contribution in [1.29, 1.82) is 0 Å². The number of hydrogen-bond acceptors (Lipinski definition) is 2. The lowest BCUT2D eigenvalue weighted by molar-refractivity contribution is -0.121. The topological polar surface area (TPSA) is 72.2 Å². The van der Waals surface area contributed by atoms with Crippen LogP contribution in [0.5, 0.6) is 0 Å². The van der Waals surface area contributed by atoms with E-state index in [1.54, 1.807) is 0 Å². The number of hydrogen-bond donors (Lipinski definition) is 2. The Morgan fingerprint density at radius 3 is 1.82 bits per heavy atom. The standard InChI is InChI=1S/C18H36N2O2/c1-2-3-4-5-6-10-13-16-20-18(22)15-12-9-7-8-11-14-17(19)21/h2-16H2,1H3,(H2,19,21)(H,20,22). The maximum Gasteiger partial charge on any atom is 0.219 e. The zero-order chi connectivity index (χ0) is 16.5. The predicted molar refractivity (Wildman–Crippen MR) is 92.5 cm³/mol. The summed E-state index contributed by atoms with van der Waals surface area (Å²) in [5, 5.41) is 3.00. The van der Waals surface area contributed by atoms with E-state index in [1.807, 2.05) is 0 Å². The molecule has 0 aliphatic rings. The van der Waals surface area contributed by atoms with Crippen molar-refractivity contribution in [2.75, 3.05) is 6.54 Å². The second-order valence-electron chi connectivity index (χ2n) is 6.21. The third kappa shape index (κ3) is 17.0. The molecule has 2 amide bonds. The molecule has 0 aromatic heterocycles. The maximum atomic E-state index is 11.6. The molecular formula is C18H36N2O2. The molecule has 0 rings (SSSR count). The number of nitrogens with two attached hydrogens (primary N) is 1. The fourth-order valence-electron chi connectivity index (χ4n) is 2.51. The molecule has 0 aliphatic heterocycles. The minimum atomic E-state index is -0.218. The van der Waals surface area contributed by atoms with Crippen LogP contribution in [-0.2, 0) is 9.59 Å². The normalized spacial score (nSPS) is 10.6. The zero-order valence-corrected chi connectivity index (χ0v) is 14.5. The van der Waals surface area contributed by atoms with Crippen molar-refractivity contribution in [3.05, 3.63) is 0 Å². The SMILES string of the molecule is CCCCCCCCCNC(=O)CCCCCCCC(N)=O. The molecule has 3 N–H and O–H groups in total. The molecule has 0 radical (unpaired) electrons. The molecule has 0 fully saturated rings. The van der Waals surface area contributed by atoms with Gasteiger partial charge in [0.25, 0.3) is 0 Å². The summed E-state index contributed by atoms with van der Waals surface area (Å²) in [5.74, 6) is -0.0344. The van der Waals surface area contributed by atoms with Crippen molar-refractivity contribution >= 4 is 11.8 Å². The molecule has 130 valence electrons. The van der Waals surface area contributed by atoms with E-state index in [9.17, 15) is 9.59 Å². The van der Waals surface area contributed by atoms with Crippen LogP contribution < -0.4 is 11.1 Å². The van der Waals surface area contributed by atoms with Crippen molar-refractivity contribution < 1.29 is 9.59 Å². The fraction of sp³-hybridized carbons (Fsp3) is 0.889. The van der Waals surface area contributed by atoms with E-state index in [2.05, 4.69) is 12.2 Å². The van der Waals surface area contributed by atoms with E-state index in [1.165, 1.54) is 38.5 Å². The Kier molecular flexibility index (Phi) is 15.5. The first kappa shape index (κ1) is 20.9. The van der Waals surface area contributed by atoms with Gasteiger partial charge in [-0.25, -0.2) is 0 Å². The van der Waals surface area contributed by atoms with E-state index >= 15 is 0 Å². The Bertz CT molecular complexity index is 280. The highest BCUT2D eigenvalue weighted by Gasteiger charge is 2.01. The predicted octanol–water partition coefficient (Wildman–Crippen LogP) is 4.07. The minimum Gasteiger partial charge on any atom is -0.370 e. The van der Waals surface area contributed by atoms with Gasteiger partial charge < -0.3 is 11.1 Å². The number of carbonyl (C=O) groups is 2. The largest absolute Gasteiger partial charge is 0.370 e. The molecule has 4 nitrogen and oxygen atoms in total. The average molecular weight is 312 g/mol. The number of unbranched alkanes of at least 4 members (excludes halogenated alkanes) is 10. The van der Waals surface area contributed by atoms with Crippen LogP contribution in [0.1, 0.15) is 96.8 Å². The number of rotatable bonds is 16. The van der Waals surface area contributed by atoms with Crippen molar-refractivity contribution in [2.45, 2.75) is 96.8 Å². The van der Waals surface area contributed by atoms with Crippen LogP contribution in [-0.4, -0.2) is 18.4 Å². The molecule has 0 aromatic rings. The Labute approximate surface area is 136 Å². The molecule has 0 aromatic carbocycles. The molecular weight excluding hydrogens is 276 g/mol. The molecule has 0 unspecified atom stereocenters. The number of primary amides is 1. The summed E-state index contributed by atoms with van der Waals surface area (Å²) >= 11 is 0. The average Bonchev–Trinajstić information content (AvgIpc) is 2.48. The Balaban J connectivity index is 3.18. The lowest BCUT2D eigenvalue weighted by Crippen LogP contribution is -2.23. The summed E-state index contributed by atoms with van der Waals surface area (Å²) in [6, 6.07) is 0. The fourth-order valence-corrected chi connectivity index (χ4v) is 2.51. The van der Waals surface area contributed by atoms with E-state index in [0.29, 0.717) is 12.8 Å². The third-order valence-corrected chi connectivity index (χ3v) is 3.93. The molecule has 0 bridgehead atoms. The Morgan fingerprint density at radius 2 is 1.23 bits per heavy atom. The van der Waals surface area contributed by atoms with E-state index in [4.69, 9.17) is 5.73 Å². The summed E-state index contributed by atoms with van der Waals surface area (Å²) < 4.78 is 0. The van der Waals surface area contributed by atoms with Gasteiger partial charge >= 0.3 is 0 Å².